The SMILES string of the molecule is CN(C)CCS(=O)(=O)c1ccc2c(c1)nc(Cc1ccc(C#N)cc1)n2C. The Labute approximate surface area is 159 Å². The van der Waals surface area contributed by atoms with E-state index in [1.54, 1.807) is 24.3 Å². The van der Waals surface area contributed by atoms with Crippen LogP contribution < -0.4 is 0 Å². The molecule has 0 unspecified atom stereocenters. The van der Waals surface area contributed by atoms with E-state index >= 15 is 0 Å². The first kappa shape index (κ1) is 19.1. The first-order valence-corrected chi connectivity index (χ1v) is 10.3. The monoisotopic (exact) mass is 382 g/mol. The third kappa shape index (κ3) is 4.18. The molecule has 27 heavy (non-hydrogen) atoms. The van der Waals surface area contributed by atoms with E-state index in [1.807, 2.05) is 48.8 Å². The predicted octanol–water partition coefficient (Wildman–Crippen LogP) is 2.37. The molecule has 0 aliphatic rings. The lowest BCUT2D eigenvalue weighted by Gasteiger charge is -2.10. The van der Waals surface area contributed by atoms with Crippen LogP contribution in [-0.4, -0.2) is 49.3 Å². The van der Waals surface area contributed by atoms with Gasteiger partial charge < -0.3 is 9.47 Å². The molecule has 0 saturated heterocycles. The highest BCUT2D eigenvalue weighted by Crippen LogP contribution is 2.22. The molecular weight excluding hydrogens is 360 g/mol. The molecule has 140 valence electrons. The third-order valence-electron chi connectivity index (χ3n) is 4.56. The van der Waals surface area contributed by atoms with Gasteiger partial charge in [0, 0.05) is 20.0 Å². The highest BCUT2D eigenvalue weighted by Gasteiger charge is 2.17. The average molecular weight is 382 g/mol. The van der Waals surface area contributed by atoms with E-state index in [2.05, 4.69) is 11.1 Å². The summed E-state index contributed by atoms with van der Waals surface area (Å²) >= 11 is 0. The number of hydrogen-bond donors (Lipinski definition) is 0. The van der Waals surface area contributed by atoms with Crippen LogP contribution in [0.1, 0.15) is 17.0 Å². The molecule has 0 fully saturated rings. The summed E-state index contributed by atoms with van der Waals surface area (Å²) < 4.78 is 27.0. The fraction of sp³-hybridized carbons (Fsp3) is 0.300. The maximum absolute atomic E-state index is 12.5. The molecule has 0 spiro atoms. The van der Waals surface area contributed by atoms with Gasteiger partial charge in [-0.25, -0.2) is 13.4 Å². The summed E-state index contributed by atoms with van der Waals surface area (Å²) in [4.78, 5) is 6.80. The Hall–Kier alpha value is -2.69. The van der Waals surface area contributed by atoms with Crippen molar-refractivity contribution in [3.05, 3.63) is 59.4 Å². The highest BCUT2D eigenvalue weighted by molar-refractivity contribution is 7.91. The molecule has 1 aromatic heterocycles. The van der Waals surface area contributed by atoms with Gasteiger partial charge in [0.25, 0.3) is 0 Å². The lowest BCUT2D eigenvalue weighted by Crippen LogP contribution is -2.21. The molecule has 6 nitrogen and oxygen atoms in total. The van der Waals surface area contributed by atoms with Gasteiger partial charge in [-0.15, -0.1) is 0 Å². The largest absolute Gasteiger partial charge is 0.331 e. The zero-order valence-corrected chi connectivity index (χ0v) is 16.5. The number of sulfone groups is 1. The lowest BCUT2D eigenvalue weighted by molar-refractivity contribution is 0.432. The highest BCUT2D eigenvalue weighted by atomic mass is 32.2. The van der Waals surface area contributed by atoms with Gasteiger partial charge in [0.1, 0.15) is 5.82 Å². The number of fused-ring (bicyclic) bond motifs is 1. The van der Waals surface area contributed by atoms with Gasteiger partial charge in [-0.2, -0.15) is 5.26 Å². The van der Waals surface area contributed by atoms with Gasteiger partial charge in [-0.05, 0) is 50.0 Å². The van der Waals surface area contributed by atoms with Crippen LogP contribution in [0.4, 0.5) is 0 Å². The maximum atomic E-state index is 12.5. The standard InChI is InChI=1S/C20H22N4O2S/c1-23(2)10-11-27(25,26)17-8-9-19-18(13-17)22-20(24(19)3)12-15-4-6-16(14-21)7-5-15/h4-9,13H,10-12H2,1-3H3. The molecular formula is C20H22N4O2S. The van der Waals surface area contributed by atoms with Crippen LogP contribution in [0.2, 0.25) is 0 Å². The molecule has 0 aliphatic carbocycles. The fourth-order valence-corrected chi connectivity index (χ4v) is 4.29. The summed E-state index contributed by atoms with van der Waals surface area (Å²) in [7, 11) is 2.29. The summed E-state index contributed by atoms with van der Waals surface area (Å²) in [5.74, 6) is 0.925. The second kappa shape index (κ2) is 7.51. The Kier molecular flexibility index (Phi) is 5.31. The van der Waals surface area contributed by atoms with Crippen molar-refractivity contribution in [3.63, 3.8) is 0 Å². The van der Waals surface area contributed by atoms with E-state index < -0.39 is 9.84 Å². The van der Waals surface area contributed by atoms with Crippen molar-refractivity contribution in [2.24, 2.45) is 7.05 Å². The minimum atomic E-state index is -3.34. The van der Waals surface area contributed by atoms with Crippen LogP contribution in [-0.2, 0) is 23.3 Å². The average Bonchev–Trinajstić information content (AvgIpc) is 2.96. The summed E-state index contributed by atoms with van der Waals surface area (Å²) in [6, 6.07) is 14.6. The normalized spacial score (nSPS) is 11.8. The number of rotatable bonds is 6. The molecule has 0 saturated carbocycles. The zero-order chi connectivity index (χ0) is 19.6. The molecule has 0 radical (unpaired) electrons. The topological polar surface area (TPSA) is 79.0 Å². The number of aryl methyl sites for hydroxylation is 1. The second-order valence-corrected chi connectivity index (χ2v) is 8.95. The number of nitriles is 1. The van der Waals surface area contributed by atoms with Crippen LogP contribution in [0.25, 0.3) is 11.0 Å². The van der Waals surface area contributed by atoms with Gasteiger partial charge in [0.05, 0.1) is 33.3 Å². The lowest BCUT2D eigenvalue weighted by atomic mass is 10.1. The van der Waals surface area contributed by atoms with Crippen molar-refractivity contribution < 1.29 is 8.42 Å². The third-order valence-corrected chi connectivity index (χ3v) is 6.25. The summed E-state index contributed by atoms with van der Waals surface area (Å²) in [5, 5.41) is 8.90. The van der Waals surface area contributed by atoms with Gasteiger partial charge in [0.2, 0.25) is 0 Å². The number of nitrogens with zero attached hydrogens (tertiary/aromatic N) is 4. The van der Waals surface area contributed by atoms with Crippen molar-refractivity contribution in [1.82, 2.24) is 14.5 Å². The summed E-state index contributed by atoms with van der Waals surface area (Å²) in [6.07, 6.45) is 0.611. The Morgan fingerprint density at radius 2 is 1.85 bits per heavy atom. The van der Waals surface area contributed by atoms with Gasteiger partial charge in [-0.3, -0.25) is 0 Å². The second-order valence-electron chi connectivity index (χ2n) is 6.85. The maximum Gasteiger partial charge on any atom is 0.179 e. The van der Waals surface area contributed by atoms with Gasteiger partial charge >= 0.3 is 0 Å². The Balaban J connectivity index is 1.91. The van der Waals surface area contributed by atoms with Crippen LogP contribution in [0.15, 0.2) is 47.4 Å². The van der Waals surface area contributed by atoms with E-state index in [0.29, 0.717) is 28.9 Å². The van der Waals surface area contributed by atoms with Crippen molar-refractivity contribution in [1.29, 1.82) is 5.26 Å². The molecule has 0 atom stereocenters. The predicted molar refractivity (Wildman–Crippen MR) is 105 cm³/mol. The fourth-order valence-electron chi connectivity index (χ4n) is 2.88. The number of imidazole rings is 1. The first-order valence-electron chi connectivity index (χ1n) is 8.62. The Morgan fingerprint density at radius 3 is 2.48 bits per heavy atom. The van der Waals surface area contributed by atoms with Crippen LogP contribution in [0, 0.1) is 11.3 Å². The van der Waals surface area contributed by atoms with Crippen molar-refractivity contribution in [2.75, 3.05) is 26.4 Å². The quantitative estimate of drug-likeness (QED) is 0.654. The Morgan fingerprint density at radius 1 is 1.15 bits per heavy atom. The molecule has 0 bridgehead atoms. The molecule has 0 aliphatic heterocycles. The molecule has 3 aromatic rings. The molecule has 1 heterocycles. The van der Waals surface area contributed by atoms with E-state index in [4.69, 9.17) is 5.26 Å². The van der Waals surface area contributed by atoms with E-state index in [0.717, 1.165) is 16.9 Å². The van der Waals surface area contributed by atoms with Gasteiger partial charge in [-0.1, -0.05) is 12.1 Å². The van der Waals surface area contributed by atoms with Crippen LogP contribution in [0.5, 0.6) is 0 Å². The molecule has 7 heteroatoms. The van der Waals surface area contributed by atoms with Crippen LogP contribution >= 0.6 is 0 Å². The van der Waals surface area contributed by atoms with Crippen molar-refractivity contribution in [2.45, 2.75) is 11.3 Å². The minimum Gasteiger partial charge on any atom is -0.331 e. The molecule has 3 rings (SSSR count). The zero-order valence-electron chi connectivity index (χ0n) is 15.7. The van der Waals surface area contributed by atoms with Crippen molar-refractivity contribution >= 4 is 20.9 Å². The van der Waals surface area contributed by atoms with E-state index in [-0.39, 0.29) is 5.75 Å². The molecule has 0 amide bonds. The number of hydrogen-bond acceptors (Lipinski definition) is 5. The minimum absolute atomic E-state index is 0.0798. The molecule has 2 aromatic carbocycles. The van der Waals surface area contributed by atoms with Crippen LogP contribution in [0.3, 0.4) is 0 Å². The number of benzene rings is 2. The van der Waals surface area contributed by atoms with Crippen molar-refractivity contribution in [3.8, 4) is 6.07 Å². The Bertz CT molecular complexity index is 1110. The number of aromatic nitrogens is 2. The first-order chi connectivity index (χ1) is 12.8. The summed E-state index contributed by atoms with van der Waals surface area (Å²) in [5.41, 5.74) is 3.24. The van der Waals surface area contributed by atoms with Gasteiger partial charge in [0.15, 0.2) is 9.84 Å². The molecule has 0 N–H and O–H groups in total. The van der Waals surface area contributed by atoms with E-state index in [1.165, 1.54) is 0 Å². The summed E-state index contributed by atoms with van der Waals surface area (Å²) in [6.45, 7) is 0.479. The smallest absolute Gasteiger partial charge is 0.179 e. The van der Waals surface area contributed by atoms with E-state index in [9.17, 15) is 8.42 Å².